The van der Waals surface area contributed by atoms with E-state index in [0.717, 1.165) is 10.7 Å². The predicted octanol–water partition coefficient (Wildman–Crippen LogP) is 1.28. The van der Waals surface area contributed by atoms with Gasteiger partial charge in [-0.15, -0.1) is 11.3 Å². The van der Waals surface area contributed by atoms with Gasteiger partial charge in [0.25, 0.3) is 0 Å². The van der Waals surface area contributed by atoms with Crippen molar-refractivity contribution in [1.29, 1.82) is 0 Å². The number of anilines is 1. The van der Waals surface area contributed by atoms with Crippen molar-refractivity contribution < 1.29 is 0 Å². The molecule has 0 bridgehead atoms. The molecule has 2 aromatic rings. The van der Waals surface area contributed by atoms with Gasteiger partial charge in [0.05, 0.1) is 6.54 Å². The van der Waals surface area contributed by atoms with Crippen LogP contribution in [0.5, 0.6) is 0 Å². The standard InChI is InChI=1S/C8H10N4S/c1-6-5-13-8(10-6)4-12-3-2-7(9)11-12/h2-3,5H,4H2,1H3,(H2,9,11). The van der Waals surface area contributed by atoms with Crippen LogP contribution in [0.15, 0.2) is 17.6 Å². The lowest BCUT2D eigenvalue weighted by Crippen LogP contribution is -2.00. The van der Waals surface area contributed by atoms with E-state index in [1.807, 2.05) is 18.5 Å². The number of nitrogen functional groups attached to an aromatic ring is 1. The van der Waals surface area contributed by atoms with Crippen LogP contribution in [-0.4, -0.2) is 14.8 Å². The third-order valence-corrected chi connectivity index (χ3v) is 2.58. The molecule has 2 aromatic heterocycles. The molecule has 0 aliphatic rings. The van der Waals surface area contributed by atoms with Crippen molar-refractivity contribution in [2.45, 2.75) is 13.5 Å². The maximum absolute atomic E-state index is 5.49. The van der Waals surface area contributed by atoms with Crippen LogP contribution < -0.4 is 5.73 Å². The Bertz CT molecular complexity index is 365. The highest BCUT2D eigenvalue weighted by molar-refractivity contribution is 7.09. The summed E-state index contributed by atoms with van der Waals surface area (Å²) in [5, 5.41) is 7.16. The van der Waals surface area contributed by atoms with Crippen LogP contribution in [0.2, 0.25) is 0 Å². The molecule has 0 amide bonds. The first-order valence-corrected chi connectivity index (χ1v) is 4.82. The topological polar surface area (TPSA) is 56.7 Å². The van der Waals surface area contributed by atoms with Crippen LogP contribution in [-0.2, 0) is 6.54 Å². The van der Waals surface area contributed by atoms with Crippen molar-refractivity contribution >= 4 is 17.2 Å². The molecular weight excluding hydrogens is 184 g/mol. The zero-order valence-electron chi connectivity index (χ0n) is 7.27. The minimum absolute atomic E-state index is 0.549. The number of hydrogen-bond acceptors (Lipinski definition) is 4. The van der Waals surface area contributed by atoms with Crippen LogP contribution in [0.3, 0.4) is 0 Å². The van der Waals surface area contributed by atoms with E-state index >= 15 is 0 Å². The number of nitrogens with two attached hydrogens (primary N) is 1. The van der Waals surface area contributed by atoms with Crippen LogP contribution in [0.4, 0.5) is 5.82 Å². The summed E-state index contributed by atoms with van der Waals surface area (Å²) in [7, 11) is 0. The lowest BCUT2D eigenvalue weighted by atomic mass is 10.6. The smallest absolute Gasteiger partial charge is 0.145 e. The van der Waals surface area contributed by atoms with E-state index in [1.54, 1.807) is 22.1 Å². The summed E-state index contributed by atoms with van der Waals surface area (Å²) >= 11 is 1.64. The molecule has 0 aliphatic heterocycles. The van der Waals surface area contributed by atoms with Crippen LogP contribution >= 0.6 is 11.3 Å². The largest absolute Gasteiger partial charge is 0.382 e. The Morgan fingerprint density at radius 2 is 2.46 bits per heavy atom. The van der Waals surface area contributed by atoms with Gasteiger partial charge in [-0.2, -0.15) is 5.10 Å². The first kappa shape index (κ1) is 8.25. The van der Waals surface area contributed by atoms with Crippen molar-refractivity contribution in [1.82, 2.24) is 14.8 Å². The summed E-state index contributed by atoms with van der Waals surface area (Å²) in [6.07, 6.45) is 1.85. The third-order valence-electron chi connectivity index (χ3n) is 1.63. The first-order valence-electron chi connectivity index (χ1n) is 3.94. The second kappa shape index (κ2) is 3.18. The van der Waals surface area contributed by atoms with Crippen LogP contribution in [0.1, 0.15) is 10.7 Å². The van der Waals surface area contributed by atoms with E-state index in [9.17, 15) is 0 Å². The quantitative estimate of drug-likeness (QED) is 0.783. The Hall–Kier alpha value is -1.36. The third kappa shape index (κ3) is 1.86. The summed E-state index contributed by atoms with van der Waals surface area (Å²) in [6.45, 7) is 2.69. The second-order valence-corrected chi connectivity index (χ2v) is 3.76. The van der Waals surface area contributed by atoms with E-state index in [-0.39, 0.29) is 0 Å². The molecule has 13 heavy (non-hydrogen) atoms. The van der Waals surface area contributed by atoms with Gasteiger partial charge in [0, 0.05) is 17.3 Å². The maximum Gasteiger partial charge on any atom is 0.145 e. The highest BCUT2D eigenvalue weighted by atomic mass is 32.1. The average molecular weight is 194 g/mol. The lowest BCUT2D eigenvalue weighted by molar-refractivity contribution is 0.685. The van der Waals surface area contributed by atoms with Crippen LogP contribution in [0, 0.1) is 6.92 Å². The van der Waals surface area contributed by atoms with Crippen LogP contribution in [0.25, 0.3) is 0 Å². The minimum Gasteiger partial charge on any atom is -0.382 e. The van der Waals surface area contributed by atoms with Gasteiger partial charge in [0.15, 0.2) is 0 Å². The summed E-state index contributed by atoms with van der Waals surface area (Å²) < 4.78 is 1.79. The number of hydrogen-bond donors (Lipinski definition) is 1. The minimum atomic E-state index is 0.549. The Morgan fingerprint density at radius 3 is 3.00 bits per heavy atom. The lowest BCUT2D eigenvalue weighted by Gasteiger charge is -1.95. The number of thiazole rings is 1. The monoisotopic (exact) mass is 194 g/mol. The first-order chi connectivity index (χ1) is 6.24. The van der Waals surface area contributed by atoms with Gasteiger partial charge in [-0.1, -0.05) is 0 Å². The maximum atomic E-state index is 5.49. The molecule has 2 N–H and O–H groups in total. The summed E-state index contributed by atoms with van der Waals surface area (Å²) in [5.74, 6) is 0.549. The molecular formula is C8H10N4S. The van der Waals surface area contributed by atoms with Gasteiger partial charge >= 0.3 is 0 Å². The molecule has 0 aromatic carbocycles. The van der Waals surface area contributed by atoms with Crippen molar-refractivity contribution in [2.75, 3.05) is 5.73 Å². The summed E-state index contributed by atoms with van der Waals surface area (Å²) in [6, 6.07) is 1.78. The normalized spacial score (nSPS) is 10.5. The highest BCUT2D eigenvalue weighted by Crippen LogP contribution is 2.10. The average Bonchev–Trinajstić information content (AvgIpc) is 2.62. The van der Waals surface area contributed by atoms with Gasteiger partial charge < -0.3 is 5.73 Å². The number of aromatic nitrogens is 3. The Kier molecular flexibility index (Phi) is 2.02. The zero-order chi connectivity index (χ0) is 9.26. The summed E-state index contributed by atoms with van der Waals surface area (Å²) in [5.41, 5.74) is 6.54. The molecule has 0 atom stereocenters. The molecule has 68 valence electrons. The molecule has 2 heterocycles. The van der Waals surface area contributed by atoms with Crippen molar-refractivity contribution in [3.8, 4) is 0 Å². The Morgan fingerprint density at radius 1 is 1.62 bits per heavy atom. The molecule has 0 radical (unpaired) electrons. The number of aryl methyl sites for hydroxylation is 1. The van der Waals surface area contributed by atoms with Gasteiger partial charge in [-0.3, -0.25) is 4.68 Å². The molecule has 0 spiro atoms. The van der Waals surface area contributed by atoms with Gasteiger partial charge in [-0.25, -0.2) is 4.98 Å². The molecule has 0 fully saturated rings. The molecule has 2 rings (SSSR count). The number of nitrogens with zero attached hydrogens (tertiary/aromatic N) is 3. The van der Waals surface area contributed by atoms with E-state index in [2.05, 4.69) is 10.1 Å². The molecule has 5 heteroatoms. The van der Waals surface area contributed by atoms with Crippen molar-refractivity contribution in [2.24, 2.45) is 0 Å². The second-order valence-electron chi connectivity index (χ2n) is 2.82. The van der Waals surface area contributed by atoms with Gasteiger partial charge in [0.1, 0.15) is 10.8 Å². The molecule has 4 nitrogen and oxygen atoms in total. The Balaban J connectivity index is 2.14. The zero-order valence-corrected chi connectivity index (χ0v) is 8.08. The number of rotatable bonds is 2. The molecule has 0 aliphatic carbocycles. The molecule has 0 saturated carbocycles. The fraction of sp³-hybridized carbons (Fsp3) is 0.250. The van der Waals surface area contributed by atoms with Crippen molar-refractivity contribution in [3.63, 3.8) is 0 Å². The van der Waals surface area contributed by atoms with Crippen molar-refractivity contribution in [3.05, 3.63) is 28.3 Å². The van der Waals surface area contributed by atoms with E-state index < -0.39 is 0 Å². The molecule has 0 saturated heterocycles. The predicted molar refractivity (Wildman–Crippen MR) is 52.6 cm³/mol. The molecule has 0 unspecified atom stereocenters. The fourth-order valence-corrected chi connectivity index (χ4v) is 1.84. The fourth-order valence-electron chi connectivity index (χ4n) is 1.08. The Labute approximate surface area is 80.0 Å². The highest BCUT2D eigenvalue weighted by Gasteiger charge is 2.00. The summed E-state index contributed by atoms with van der Waals surface area (Å²) in [4.78, 5) is 4.33. The van der Waals surface area contributed by atoms with E-state index in [0.29, 0.717) is 12.4 Å². The van der Waals surface area contributed by atoms with E-state index in [1.165, 1.54) is 0 Å². The SMILES string of the molecule is Cc1csc(Cn2ccc(N)n2)n1. The van der Waals surface area contributed by atoms with Gasteiger partial charge in [-0.05, 0) is 13.0 Å². The van der Waals surface area contributed by atoms with Gasteiger partial charge in [0.2, 0.25) is 0 Å². The van der Waals surface area contributed by atoms with E-state index in [4.69, 9.17) is 5.73 Å².